The van der Waals surface area contributed by atoms with E-state index in [0.717, 1.165) is 18.8 Å². The van der Waals surface area contributed by atoms with Crippen LogP contribution < -0.4 is 15.5 Å². The molecule has 1 fully saturated rings. The fourth-order valence-corrected chi connectivity index (χ4v) is 3.53. The minimum absolute atomic E-state index is 0.120. The van der Waals surface area contributed by atoms with Crippen LogP contribution in [0.15, 0.2) is 41.0 Å². The molecule has 0 spiro atoms. The predicted molar refractivity (Wildman–Crippen MR) is 99.5 cm³/mol. The third-order valence-electron chi connectivity index (χ3n) is 4.52. The van der Waals surface area contributed by atoms with Crippen LogP contribution in [0.1, 0.15) is 31.1 Å². The Hall–Kier alpha value is -1.69. The summed E-state index contributed by atoms with van der Waals surface area (Å²) in [5, 5.41) is 6.59. The Labute approximate surface area is 157 Å². The fourth-order valence-electron chi connectivity index (χ4n) is 3.23. The van der Waals surface area contributed by atoms with Crippen molar-refractivity contribution in [1.82, 2.24) is 5.32 Å². The van der Waals surface area contributed by atoms with Crippen LogP contribution in [0.4, 0.5) is 10.5 Å². The van der Waals surface area contributed by atoms with Crippen molar-refractivity contribution in [2.45, 2.75) is 25.3 Å². The third kappa shape index (κ3) is 4.91. The lowest BCUT2D eigenvalue weighted by molar-refractivity contribution is -0.936. The van der Waals surface area contributed by atoms with Gasteiger partial charge in [0.05, 0.1) is 35.9 Å². The van der Waals surface area contributed by atoms with E-state index in [1.54, 1.807) is 24.5 Å². The molecule has 7 heteroatoms. The summed E-state index contributed by atoms with van der Waals surface area (Å²) in [6.07, 6.45) is 5.38. The quantitative estimate of drug-likeness (QED) is 0.740. The summed E-state index contributed by atoms with van der Waals surface area (Å²) in [6, 6.07) is 8.72. The first-order chi connectivity index (χ1) is 12.1. The number of amides is 2. The van der Waals surface area contributed by atoms with Crippen molar-refractivity contribution in [2.24, 2.45) is 0 Å². The van der Waals surface area contributed by atoms with Crippen LogP contribution >= 0.6 is 23.2 Å². The Balaban J connectivity index is 1.60. The second kappa shape index (κ2) is 8.61. The first kappa shape index (κ1) is 18.1. The standard InChI is InChI=1S/C18H21Cl2N3O2/c19-14-7-6-13(11-15(14)20)22-18(24)21-12-16(17-5-4-10-25-17)23-8-2-1-3-9-23/h4-7,10-11,16H,1-3,8-9,12H2,(H2,21,22,24)/p+1/t16-/m0/s1. The molecule has 2 amide bonds. The summed E-state index contributed by atoms with van der Waals surface area (Å²) in [4.78, 5) is 13.7. The highest BCUT2D eigenvalue weighted by Gasteiger charge is 2.28. The van der Waals surface area contributed by atoms with Gasteiger partial charge >= 0.3 is 6.03 Å². The van der Waals surface area contributed by atoms with Gasteiger partial charge in [0.1, 0.15) is 0 Å². The minimum Gasteiger partial charge on any atom is -0.463 e. The number of piperidine rings is 1. The van der Waals surface area contributed by atoms with Crippen molar-refractivity contribution < 1.29 is 14.1 Å². The normalized spacial score (nSPS) is 16.4. The van der Waals surface area contributed by atoms with E-state index >= 15 is 0 Å². The average Bonchev–Trinajstić information content (AvgIpc) is 3.14. The molecule has 3 rings (SSSR count). The maximum Gasteiger partial charge on any atom is 0.319 e. The maximum absolute atomic E-state index is 12.2. The van der Waals surface area contributed by atoms with Crippen LogP contribution in [-0.2, 0) is 0 Å². The Morgan fingerprint density at radius 3 is 2.64 bits per heavy atom. The highest BCUT2D eigenvalue weighted by atomic mass is 35.5. The van der Waals surface area contributed by atoms with Crippen molar-refractivity contribution in [3.05, 3.63) is 52.4 Å². The van der Waals surface area contributed by atoms with Gasteiger partial charge in [-0.25, -0.2) is 4.79 Å². The van der Waals surface area contributed by atoms with E-state index in [-0.39, 0.29) is 12.1 Å². The number of nitrogens with one attached hydrogen (secondary N) is 3. The van der Waals surface area contributed by atoms with Gasteiger partial charge < -0.3 is 20.0 Å². The summed E-state index contributed by atoms with van der Waals surface area (Å²) >= 11 is 11.9. The van der Waals surface area contributed by atoms with Crippen LogP contribution in [0.25, 0.3) is 0 Å². The molecule has 1 aromatic carbocycles. The monoisotopic (exact) mass is 382 g/mol. The molecule has 134 valence electrons. The van der Waals surface area contributed by atoms with Gasteiger partial charge in [0.15, 0.2) is 11.8 Å². The molecule has 1 atom stereocenters. The minimum atomic E-state index is -0.272. The number of furan rings is 1. The number of hydrogen-bond acceptors (Lipinski definition) is 2. The number of anilines is 1. The number of halogens is 2. The van der Waals surface area contributed by atoms with E-state index in [4.69, 9.17) is 27.6 Å². The van der Waals surface area contributed by atoms with Gasteiger partial charge in [-0.2, -0.15) is 0 Å². The molecule has 3 N–H and O–H groups in total. The van der Waals surface area contributed by atoms with Crippen LogP contribution in [0.3, 0.4) is 0 Å². The van der Waals surface area contributed by atoms with Crippen molar-refractivity contribution in [3.8, 4) is 0 Å². The Bertz CT molecular complexity index is 700. The van der Waals surface area contributed by atoms with Crippen LogP contribution in [0.5, 0.6) is 0 Å². The summed E-state index contributed by atoms with van der Waals surface area (Å²) in [6.45, 7) is 2.71. The van der Waals surface area contributed by atoms with E-state index in [1.165, 1.54) is 24.2 Å². The fraction of sp³-hybridized carbons (Fsp3) is 0.389. The second-order valence-electron chi connectivity index (χ2n) is 6.25. The zero-order valence-corrected chi connectivity index (χ0v) is 15.4. The highest BCUT2D eigenvalue weighted by Crippen LogP contribution is 2.24. The maximum atomic E-state index is 12.2. The molecule has 5 nitrogen and oxygen atoms in total. The first-order valence-electron chi connectivity index (χ1n) is 8.51. The molecule has 0 unspecified atom stereocenters. The van der Waals surface area contributed by atoms with Crippen LogP contribution in [0.2, 0.25) is 10.0 Å². The largest absolute Gasteiger partial charge is 0.463 e. The number of hydrogen-bond donors (Lipinski definition) is 3. The summed E-state index contributed by atoms with van der Waals surface area (Å²) in [5.74, 6) is 0.909. The van der Waals surface area contributed by atoms with E-state index in [9.17, 15) is 4.79 Å². The van der Waals surface area contributed by atoms with E-state index in [1.807, 2.05) is 12.1 Å². The molecule has 2 heterocycles. The lowest BCUT2D eigenvalue weighted by Gasteiger charge is -2.30. The molecular weight excluding hydrogens is 361 g/mol. The van der Waals surface area contributed by atoms with Gasteiger partial charge in [-0.05, 0) is 49.6 Å². The topological polar surface area (TPSA) is 58.7 Å². The number of quaternary nitrogens is 1. The summed E-state index contributed by atoms with van der Waals surface area (Å²) in [7, 11) is 0. The van der Waals surface area contributed by atoms with Crippen molar-refractivity contribution in [3.63, 3.8) is 0 Å². The lowest BCUT2D eigenvalue weighted by Crippen LogP contribution is -3.13. The van der Waals surface area contributed by atoms with Crippen molar-refractivity contribution in [2.75, 3.05) is 25.0 Å². The van der Waals surface area contributed by atoms with E-state index < -0.39 is 0 Å². The zero-order valence-electron chi connectivity index (χ0n) is 13.9. The molecular formula is C18H22Cl2N3O2+. The number of carbonyl (C=O) groups is 1. The number of rotatable bonds is 5. The molecule has 0 radical (unpaired) electrons. The summed E-state index contributed by atoms with van der Waals surface area (Å²) < 4.78 is 5.60. The third-order valence-corrected chi connectivity index (χ3v) is 5.26. The first-order valence-corrected chi connectivity index (χ1v) is 9.27. The smallest absolute Gasteiger partial charge is 0.319 e. The number of carbonyl (C=O) groups excluding carboxylic acids is 1. The Kier molecular flexibility index (Phi) is 6.24. The van der Waals surface area contributed by atoms with Gasteiger partial charge in [0.25, 0.3) is 0 Å². The number of urea groups is 1. The van der Waals surface area contributed by atoms with Crippen molar-refractivity contribution >= 4 is 34.9 Å². The molecule has 0 bridgehead atoms. The molecule has 0 saturated carbocycles. The van der Waals surface area contributed by atoms with E-state index in [2.05, 4.69) is 10.6 Å². The molecule has 0 aliphatic carbocycles. The SMILES string of the molecule is O=C(NC[C@@H](c1ccco1)[NH+]1CCCCC1)Nc1ccc(Cl)c(Cl)c1. The average molecular weight is 383 g/mol. The van der Waals surface area contributed by atoms with Gasteiger partial charge in [-0.3, -0.25) is 0 Å². The zero-order chi connectivity index (χ0) is 17.6. The van der Waals surface area contributed by atoms with Crippen molar-refractivity contribution in [1.29, 1.82) is 0 Å². The van der Waals surface area contributed by atoms with Gasteiger partial charge in [-0.15, -0.1) is 0 Å². The van der Waals surface area contributed by atoms with E-state index in [0.29, 0.717) is 22.3 Å². The number of likely N-dealkylation sites (tertiary alicyclic amines) is 1. The lowest BCUT2D eigenvalue weighted by atomic mass is 10.1. The molecule has 1 aliphatic heterocycles. The second-order valence-corrected chi connectivity index (χ2v) is 7.07. The number of benzene rings is 1. The predicted octanol–water partition coefficient (Wildman–Crippen LogP) is 3.52. The molecule has 1 aliphatic rings. The molecule has 2 aromatic rings. The van der Waals surface area contributed by atoms with Crippen LogP contribution in [-0.4, -0.2) is 25.7 Å². The van der Waals surface area contributed by atoms with Gasteiger partial charge in [-0.1, -0.05) is 23.2 Å². The Morgan fingerprint density at radius 2 is 1.96 bits per heavy atom. The Morgan fingerprint density at radius 1 is 1.16 bits per heavy atom. The molecule has 25 heavy (non-hydrogen) atoms. The summed E-state index contributed by atoms with van der Waals surface area (Å²) in [5.41, 5.74) is 0.603. The van der Waals surface area contributed by atoms with Gasteiger partial charge in [0, 0.05) is 5.69 Å². The molecule has 1 saturated heterocycles. The highest BCUT2D eigenvalue weighted by molar-refractivity contribution is 6.42. The van der Waals surface area contributed by atoms with Crippen LogP contribution in [0, 0.1) is 0 Å². The van der Waals surface area contributed by atoms with Gasteiger partial charge in [0.2, 0.25) is 0 Å². The molecule has 1 aromatic heterocycles.